The molecule has 3 aromatic carbocycles. The molecular weight excluding hydrogens is 648 g/mol. The van der Waals surface area contributed by atoms with Crippen LogP contribution in [-0.4, -0.2) is 102 Å². The molecule has 5 aromatic rings. The lowest BCUT2D eigenvalue weighted by atomic mass is 9.90. The minimum atomic E-state index is -0.485. The average molecular weight is 689 g/mol. The SMILES string of the molecule is CN(C)C/C=C/C(=O)N1CCC(n2ncc3c(N4CC(C)(N(C)C)C4)nc4c(F)c(-c5cccc6cccc(Cl)c56)c(Cl)cc4c32)CC1. The van der Waals surface area contributed by atoms with Crippen LogP contribution in [0.5, 0.6) is 0 Å². The number of likely N-dealkylation sites (tertiary alicyclic amines) is 1. The molecule has 2 aliphatic rings. The van der Waals surface area contributed by atoms with Gasteiger partial charge in [-0.15, -0.1) is 0 Å². The maximum absolute atomic E-state index is 17.1. The Kier molecular flexibility index (Phi) is 8.60. The van der Waals surface area contributed by atoms with Gasteiger partial charge in [-0.1, -0.05) is 59.6 Å². The molecule has 0 N–H and O–H groups in total. The maximum atomic E-state index is 17.1. The molecule has 11 heteroatoms. The number of carbonyl (C=O) groups excluding carboxylic acids is 1. The first kappa shape index (κ1) is 32.8. The van der Waals surface area contributed by atoms with E-state index in [1.165, 1.54) is 0 Å². The summed E-state index contributed by atoms with van der Waals surface area (Å²) in [5.74, 6) is 0.251. The van der Waals surface area contributed by atoms with Gasteiger partial charge in [-0.2, -0.15) is 5.10 Å². The highest BCUT2D eigenvalue weighted by atomic mass is 35.5. The van der Waals surface area contributed by atoms with Crippen LogP contribution in [-0.2, 0) is 4.79 Å². The number of likely N-dealkylation sites (N-methyl/N-ethyl adjacent to an activating group) is 2. The molecule has 0 spiro atoms. The van der Waals surface area contributed by atoms with E-state index in [0.717, 1.165) is 47.6 Å². The van der Waals surface area contributed by atoms with Gasteiger partial charge in [0.15, 0.2) is 5.82 Å². The molecule has 2 aliphatic heterocycles. The molecule has 0 radical (unpaired) electrons. The van der Waals surface area contributed by atoms with E-state index in [1.54, 1.807) is 6.08 Å². The Bertz CT molecular complexity index is 2070. The predicted molar refractivity (Wildman–Crippen MR) is 195 cm³/mol. The third-order valence-electron chi connectivity index (χ3n) is 10.1. The summed E-state index contributed by atoms with van der Waals surface area (Å²) in [5.41, 5.74) is 1.94. The van der Waals surface area contributed by atoms with Crippen molar-refractivity contribution in [2.45, 2.75) is 31.3 Å². The smallest absolute Gasteiger partial charge is 0.246 e. The van der Waals surface area contributed by atoms with E-state index < -0.39 is 5.82 Å². The van der Waals surface area contributed by atoms with Gasteiger partial charge in [0.05, 0.1) is 33.7 Å². The van der Waals surface area contributed by atoms with E-state index in [1.807, 2.05) is 83.3 Å². The van der Waals surface area contributed by atoms with Crippen molar-refractivity contribution in [2.75, 3.05) is 65.8 Å². The first-order valence-electron chi connectivity index (χ1n) is 16.4. The number of hydrogen-bond acceptors (Lipinski definition) is 6. The fraction of sp³-hybridized carbons (Fsp3) is 0.378. The van der Waals surface area contributed by atoms with Crippen LogP contribution < -0.4 is 4.90 Å². The van der Waals surface area contributed by atoms with Crippen molar-refractivity contribution in [3.63, 3.8) is 0 Å². The van der Waals surface area contributed by atoms with E-state index in [-0.39, 0.29) is 33.6 Å². The van der Waals surface area contributed by atoms with Gasteiger partial charge in [0.2, 0.25) is 5.91 Å². The first-order valence-corrected chi connectivity index (χ1v) is 17.1. The monoisotopic (exact) mass is 687 g/mol. The van der Waals surface area contributed by atoms with Crippen molar-refractivity contribution < 1.29 is 9.18 Å². The highest BCUT2D eigenvalue weighted by molar-refractivity contribution is 6.38. The van der Waals surface area contributed by atoms with E-state index in [2.05, 4.69) is 30.8 Å². The van der Waals surface area contributed by atoms with Crippen molar-refractivity contribution in [1.29, 1.82) is 0 Å². The minimum Gasteiger partial charge on any atom is -0.352 e. The Morgan fingerprint density at radius 2 is 1.75 bits per heavy atom. The number of carbonyl (C=O) groups is 1. The normalized spacial score (nSPS) is 17.1. The number of piperidine rings is 1. The second kappa shape index (κ2) is 12.6. The lowest BCUT2D eigenvalue weighted by molar-refractivity contribution is -0.127. The van der Waals surface area contributed by atoms with Gasteiger partial charge in [0.1, 0.15) is 11.3 Å². The summed E-state index contributed by atoms with van der Waals surface area (Å²) in [6.07, 6.45) is 6.87. The van der Waals surface area contributed by atoms with Gasteiger partial charge in [-0.05, 0) is 71.0 Å². The van der Waals surface area contributed by atoms with Gasteiger partial charge in [0, 0.05) is 60.2 Å². The Hall–Kier alpha value is -3.76. The number of anilines is 1. The van der Waals surface area contributed by atoms with Gasteiger partial charge in [-0.3, -0.25) is 9.48 Å². The summed E-state index contributed by atoms with van der Waals surface area (Å²) < 4.78 is 19.1. The number of amides is 1. The third-order valence-corrected chi connectivity index (χ3v) is 10.7. The number of pyridine rings is 1. The zero-order valence-electron chi connectivity index (χ0n) is 28.0. The minimum absolute atomic E-state index is 0.0224. The summed E-state index contributed by atoms with van der Waals surface area (Å²) >= 11 is 13.7. The Morgan fingerprint density at radius 1 is 1.04 bits per heavy atom. The molecular formula is C37H40Cl2FN7O. The molecule has 8 nitrogen and oxygen atoms in total. The average Bonchev–Trinajstić information content (AvgIpc) is 3.49. The Morgan fingerprint density at radius 3 is 2.44 bits per heavy atom. The molecule has 0 saturated carbocycles. The fourth-order valence-electron chi connectivity index (χ4n) is 7.14. The second-order valence-corrected chi connectivity index (χ2v) is 14.7. The van der Waals surface area contributed by atoms with Crippen molar-refractivity contribution in [1.82, 2.24) is 29.5 Å². The molecule has 4 heterocycles. The molecule has 7 rings (SSSR count). The van der Waals surface area contributed by atoms with Gasteiger partial charge in [0.25, 0.3) is 0 Å². The van der Waals surface area contributed by atoms with Crippen molar-refractivity contribution in [3.8, 4) is 11.1 Å². The van der Waals surface area contributed by atoms with Crippen LogP contribution in [0.4, 0.5) is 10.2 Å². The number of fused-ring (bicyclic) bond motifs is 4. The predicted octanol–water partition coefficient (Wildman–Crippen LogP) is 7.27. The van der Waals surface area contributed by atoms with Crippen molar-refractivity contribution in [2.24, 2.45) is 0 Å². The number of hydrogen-bond donors (Lipinski definition) is 0. The van der Waals surface area contributed by atoms with Gasteiger partial charge in [-0.25, -0.2) is 9.37 Å². The molecule has 250 valence electrons. The zero-order valence-corrected chi connectivity index (χ0v) is 29.5. The fourth-order valence-corrected chi connectivity index (χ4v) is 7.71. The first-order chi connectivity index (χ1) is 23.0. The highest BCUT2D eigenvalue weighted by Gasteiger charge is 2.42. The topological polar surface area (TPSA) is 60.7 Å². The Balaban J connectivity index is 1.34. The van der Waals surface area contributed by atoms with Crippen LogP contribution in [0.3, 0.4) is 0 Å². The maximum Gasteiger partial charge on any atom is 0.246 e. The molecule has 0 bridgehead atoms. The number of aromatic nitrogens is 3. The van der Waals surface area contributed by atoms with Crippen LogP contribution in [0.15, 0.2) is 60.8 Å². The molecule has 0 atom stereocenters. The van der Waals surface area contributed by atoms with Crippen LogP contribution in [0.1, 0.15) is 25.8 Å². The number of nitrogens with zero attached hydrogens (tertiary/aromatic N) is 7. The Labute approximate surface area is 290 Å². The molecule has 0 unspecified atom stereocenters. The van der Waals surface area contributed by atoms with Crippen molar-refractivity contribution in [3.05, 3.63) is 76.7 Å². The molecule has 0 aliphatic carbocycles. The standard InChI is InChI=1S/C37H40Cl2FN7O/c1-37(44(4)5)21-46(22-37)36-27-20-41-47(24-14-17-45(18-15-24)30(48)13-8-16-43(2)3)35(27)26-19-29(39)32(33(40)34(26)42-36)25-11-6-9-23-10-7-12-28(38)31(23)25/h6-13,19-20,24H,14-18,21-22H2,1-5H3/b13-8+. The van der Waals surface area contributed by atoms with Crippen LogP contribution in [0, 0.1) is 5.82 Å². The van der Waals surface area contributed by atoms with Gasteiger partial charge >= 0.3 is 0 Å². The van der Waals surface area contributed by atoms with Crippen LogP contribution >= 0.6 is 23.2 Å². The van der Waals surface area contributed by atoms with E-state index in [4.69, 9.17) is 33.3 Å². The lowest BCUT2D eigenvalue weighted by Gasteiger charge is -2.52. The highest BCUT2D eigenvalue weighted by Crippen LogP contribution is 2.45. The van der Waals surface area contributed by atoms with E-state index in [9.17, 15) is 4.79 Å². The molecule has 1 amide bonds. The lowest BCUT2D eigenvalue weighted by Crippen LogP contribution is -2.67. The second-order valence-electron chi connectivity index (χ2n) is 13.8. The number of halogens is 3. The molecule has 2 aromatic heterocycles. The molecule has 2 fully saturated rings. The summed E-state index contributed by atoms with van der Waals surface area (Å²) in [6.45, 7) is 5.66. The van der Waals surface area contributed by atoms with E-state index >= 15 is 4.39 Å². The quantitative estimate of drug-likeness (QED) is 0.168. The summed E-state index contributed by atoms with van der Waals surface area (Å²) in [4.78, 5) is 26.2. The molecule has 2 saturated heterocycles. The summed E-state index contributed by atoms with van der Waals surface area (Å²) in [7, 11) is 8.11. The third kappa shape index (κ3) is 5.60. The van der Waals surface area contributed by atoms with Crippen LogP contribution in [0.2, 0.25) is 10.0 Å². The van der Waals surface area contributed by atoms with Crippen LogP contribution in [0.25, 0.3) is 43.7 Å². The number of benzene rings is 3. The largest absolute Gasteiger partial charge is 0.352 e. The number of rotatable bonds is 7. The summed E-state index contributed by atoms with van der Waals surface area (Å²) in [5, 5.41) is 8.85. The molecule has 48 heavy (non-hydrogen) atoms. The van der Waals surface area contributed by atoms with Gasteiger partial charge < -0.3 is 19.6 Å². The van der Waals surface area contributed by atoms with E-state index in [0.29, 0.717) is 41.4 Å². The zero-order chi connectivity index (χ0) is 33.9. The summed E-state index contributed by atoms with van der Waals surface area (Å²) in [6, 6.07) is 13.2. The van der Waals surface area contributed by atoms with Crippen molar-refractivity contribution >= 4 is 67.5 Å².